The Kier molecular flexibility index (Phi) is 3.88. The number of aromatic nitrogens is 2. The average molecular weight is 290 g/mol. The standard InChI is InChI=1S/C13H14N4O4/c1-8-9(4-3-5-10(8)17(19)20)6-16-7-15-11(12(16)14)13(18)21-2/h3-5,7H,6,14H2,1-2H3. The summed E-state index contributed by atoms with van der Waals surface area (Å²) >= 11 is 0. The van der Waals surface area contributed by atoms with E-state index in [-0.39, 0.29) is 23.7 Å². The van der Waals surface area contributed by atoms with Crippen LogP contribution in [0.4, 0.5) is 11.5 Å². The van der Waals surface area contributed by atoms with Crippen molar-refractivity contribution in [1.29, 1.82) is 0 Å². The Hall–Kier alpha value is -2.90. The third kappa shape index (κ3) is 2.69. The fourth-order valence-corrected chi connectivity index (χ4v) is 1.99. The minimum absolute atomic E-state index is 0.0283. The van der Waals surface area contributed by atoms with Crippen molar-refractivity contribution < 1.29 is 14.5 Å². The molecule has 2 rings (SSSR count). The number of nitrogen functional groups attached to an aromatic ring is 1. The zero-order chi connectivity index (χ0) is 15.6. The number of nitrogens with zero attached hydrogens (tertiary/aromatic N) is 3. The summed E-state index contributed by atoms with van der Waals surface area (Å²) in [6, 6.07) is 4.81. The lowest BCUT2D eigenvalue weighted by Gasteiger charge is -2.08. The first-order valence-electron chi connectivity index (χ1n) is 6.07. The van der Waals surface area contributed by atoms with Crippen LogP contribution in [-0.2, 0) is 11.3 Å². The van der Waals surface area contributed by atoms with Gasteiger partial charge in [-0.1, -0.05) is 12.1 Å². The summed E-state index contributed by atoms with van der Waals surface area (Å²) in [6.45, 7) is 1.95. The molecular formula is C13H14N4O4. The first-order chi connectivity index (χ1) is 9.95. The van der Waals surface area contributed by atoms with Gasteiger partial charge in [-0.3, -0.25) is 10.1 Å². The summed E-state index contributed by atoms with van der Waals surface area (Å²) in [4.78, 5) is 25.8. The van der Waals surface area contributed by atoms with E-state index in [1.165, 1.54) is 24.1 Å². The van der Waals surface area contributed by atoms with Gasteiger partial charge < -0.3 is 15.0 Å². The quantitative estimate of drug-likeness (QED) is 0.518. The molecule has 0 atom stereocenters. The molecule has 1 aromatic carbocycles. The molecule has 0 amide bonds. The number of methoxy groups -OCH3 is 1. The highest BCUT2D eigenvalue weighted by atomic mass is 16.6. The summed E-state index contributed by atoms with van der Waals surface area (Å²) in [6.07, 6.45) is 1.40. The van der Waals surface area contributed by atoms with Crippen molar-refractivity contribution in [3.05, 3.63) is 51.5 Å². The molecule has 2 N–H and O–H groups in total. The lowest BCUT2D eigenvalue weighted by Crippen LogP contribution is -2.09. The van der Waals surface area contributed by atoms with Crippen LogP contribution < -0.4 is 5.73 Å². The van der Waals surface area contributed by atoms with E-state index in [2.05, 4.69) is 9.72 Å². The van der Waals surface area contributed by atoms with Crippen molar-refractivity contribution in [3.8, 4) is 0 Å². The molecule has 21 heavy (non-hydrogen) atoms. The Bertz CT molecular complexity index is 708. The molecule has 110 valence electrons. The molecule has 0 spiro atoms. The number of carbonyl (C=O) groups is 1. The fourth-order valence-electron chi connectivity index (χ4n) is 1.99. The number of benzene rings is 1. The van der Waals surface area contributed by atoms with Crippen LogP contribution in [0.15, 0.2) is 24.5 Å². The smallest absolute Gasteiger partial charge is 0.360 e. The van der Waals surface area contributed by atoms with Gasteiger partial charge in [-0.2, -0.15) is 0 Å². The normalized spacial score (nSPS) is 10.4. The summed E-state index contributed by atoms with van der Waals surface area (Å²) in [5.74, 6) is -0.463. The van der Waals surface area contributed by atoms with E-state index >= 15 is 0 Å². The molecule has 0 aliphatic rings. The molecule has 1 heterocycles. The van der Waals surface area contributed by atoms with Crippen LogP contribution in [0.2, 0.25) is 0 Å². The first-order valence-corrected chi connectivity index (χ1v) is 6.07. The van der Waals surface area contributed by atoms with Crippen molar-refractivity contribution in [1.82, 2.24) is 9.55 Å². The largest absolute Gasteiger partial charge is 0.464 e. The molecule has 0 unspecified atom stereocenters. The lowest BCUT2D eigenvalue weighted by atomic mass is 10.1. The maximum absolute atomic E-state index is 11.4. The molecule has 2 aromatic rings. The van der Waals surface area contributed by atoms with Gasteiger partial charge in [-0.05, 0) is 12.5 Å². The number of nitrogens with two attached hydrogens (primary N) is 1. The number of hydrogen-bond acceptors (Lipinski definition) is 6. The van der Waals surface area contributed by atoms with Crippen molar-refractivity contribution in [2.75, 3.05) is 12.8 Å². The maximum Gasteiger partial charge on any atom is 0.360 e. The molecule has 0 aliphatic heterocycles. The summed E-state index contributed by atoms with van der Waals surface area (Å²) in [5, 5.41) is 10.9. The van der Waals surface area contributed by atoms with Crippen molar-refractivity contribution in [2.24, 2.45) is 0 Å². The summed E-state index contributed by atoms with van der Waals surface area (Å²) in [7, 11) is 1.24. The molecule has 8 nitrogen and oxygen atoms in total. The highest BCUT2D eigenvalue weighted by Gasteiger charge is 2.18. The second-order valence-electron chi connectivity index (χ2n) is 4.42. The number of carbonyl (C=O) groups excluding carboxylic acids is 1. The van der Waals surface area contributed by atoms with Gasteiger partial charge in [0, 0.05) is 11.6 Å². The van der Waals surface area contributed by atoms with Crippen molar-refractivity contribution in [2.45, 2.75) is 13.5 Å². The van der Waals surface area contributed by atoms with Crippen LogP contribution in [0.3, 0.4) is 0 Å². The zero-order valence-electron chi connectivity index (χ0n) is 11.6. The second-order valence-corrected chi connectivity index (χ2v) is 4.42. The van der Waals surface area contributed by atoms with Crippen molar-refractivity contribution in [3.63, 3.8) is 0 Å². The number of nitro groups is 1. The van der Waals surface area contributed by atoms with Gasteiger partial charge in [0.25, 0.3) is 5.69 Å². The maximum atomic E-state index is 11.4. The number of anilines is 1. The van der Waals surface area contributed by atoms with Crippen LogP contribution in [0.5, 0.6) is 0 Å². The minimum Gasteiger partial charge on any atom is -0.464 e. The molecule has 8 heteroatoms. The monoisotopic (exact) mass is 290 g/mol. The van der Waals surface area contributed by atoms with Gasteiger partial charge in [-0.15, -0.1) is 0 Å². The van der Waals surface area contributed by atoms with Crippen LogP contribution in [0.1, 0.15) is 21.6 Å². The number of ether oxygens (including phenoxy) is 1. The highest BCUT2D eigenvalue weighted by Crippen LogP contribution is 2.23. The summed E-state index contributed by atoms with van der Waals surface area (Å²) < 4.78 is 6.11. The van der Waals surface area contributed by atoms with E-state index in [1.807, 2.05) is 0 Å². The fraction of sp³-hybridized carbons (Fsp3) is 0.231. The van der Waals surface area contributed by atoms with Crippen LogP contribution in [-0.4, -0.2) is 27.6 Å². The zero-order valence-corrected chi connectivity index (χ0v) is 11.6. The van der Waals surface area contributed by atoms with Gasteiger partial charge in [0.1, 0.15) is 5.82 Å². The Morgan fingerprint density at radius 3 is 2.86 bits per heavy atom. The second kappa shape index (κ2) is 5.61. The molecular weight excluding hydrogens is 276 g/mol. The van der Waals surface area contributed by atoms with Gasteiger partial charge in [-0.25, -0.2) is 9.78 Å². The van der Waals surface area contributed by atoms with E-state index in [4.69, 9.17) is 5.73 Å². The molecule has 0 aliphatic carbocycles. The highest BCUT2D eigenvalue weighted by molar-refractivity contribution is 5.92. The summed E-state index contributed by atoms with van der Waals surface area (Å²) in [5.41, 5.74) is 7.19. The minimum atomic E-state index is -0.623. The Balaban J connectivity index is 2.35. The van der Waals surface area contributed by atoms with Gasteiger partial charge in [0.05, 0.1) is 24.9 Å². The average Bonchev–Trinajstić information content (AvgIpc) is 2.81. The topological polar surface area (TPSA) is 113 Å². The van der Waals surface area contributed by atoms with Gasteiger partial charge >= 0.3 is 5.97 Å². The predicted molar refractivity (Wildman–Crippen MR) is 74.9 cm³/mol. The number of rotatable bonds is 4. The molecule has 0 radical (unpaired) electrons. The SMILES string of the molecule is COC(=O)c1ncn(Cc2cccc([N+](=O)[O-])c2C)c1N. The van der Waals surface area contributed by atoms with E-state index < -0.39 is 10.9 Å². The first kappa shape index (κ1) is 14.5. The Labute approximate surface area is 120 Å². The van der Waals surface area contributed by atoms with Crippen molar-refractivity contribution >= 4 is 17.5 Å². The van der Waals surface area contributed by atoms with Crippen LogP contribution in [0, 0.1) is 17.0 Å². The molecule has 1 aromatic heterocycles. The number of imidazole rings is 1. The Morgan fingerprint density at radius 2 is 2.24 bits per heavy atom. The predicted octanol–water partition coefficient (Wildman–Crippen LogP) is 1.52. The van der Waals surface area contributed by atoms with Gasteiger partial charge in [0.2, 0.25) is 0 Å². The molecule has 0 fully saturated rings. The van der Waals surface area contributed by atoms with Crippen LogP contribution >= 0.6 is 0 Å². The molecule has 0 saturated carbocycles. The van der Waals surface area contributed by atoms with Gasteiger partial charge in [0.15, 0.2) is 5.69 Å². The molecule has 0 bridgehead atoms. The number of hydrogen-bond donors (Lipinski definition) is 1. The van der Waals surface area contributed by atoms with E-state index in [1.54, 1.807) is 19.1 Å². The molecule has 0 saturated heterocycles. The van der Waals surface area contributed by atoms with Crippen LogP contribution in [0.25, 0.3) is 0 Å². The Morgan fingerprint density at radius 1 is 1.52 bits per heavy atom. The lowest BCUT2D eigenvalue weighted by molar-refractivity contribution is -0.385. The number of nitro benzene ring substituents is 1. The number of esters is 1. The van der Waals surface area contributed by atoms with E-state index in [9.17, 15) is 14.9 Å². The van der Waals surface area contributed by atoms with E-state index in [0.717, 1.165) is 5.56 Å². The third-order valence-electron chi connectivity index (χ3n) is 3.21. The third-order valence-corrected chi connectivity index (χ3v) is 3.21. The van der Waals surface area contributed by atoms with E-state index in [0.29, 0.717) is 5.56 Å².